The second-order valence-corrected chi connectivity index (χ2v) is 9.97. The minimum absolute atomic E-state index is 0.274. The Morgan fingerprint density at radius 1 is 1.40 bits per heavy atom. The first-order valence-corrected chi connectivity index (χ1v) is 11.2. The van der Waals surface area contributed by atoms with Crippen LogP contribution in [-0.2, 0) is 4.79 Å². The van der Waals surface area contributed by atoms with Gasteiger partial charge in [-0.2, -0.15) is 0 Å². The molecule has 0 aromatic rings. The molecule has 0 spiro atoms. The van der Waals surface area contributed by atoms with Crippen molar-refractivity contribution in [3.05, 3.63) is 36.1 Å². The standard InChI is InChI=1S/C24H40N4O2/c1-7-27(15-13-24(4,5)6)17-21-20(10-8-18(2)3)25-22-16-19(12-14-28(21)22)9-11-23(29)26-30/h9,11-12,14,16,18,20-21,30H,7-8,10,13,15,17H2,1-6H3,(H,26,29)/b11-9+. The number of amides is 1. The van der Waals surface area contributed by atoms with Crippen molar-refractivity contribution in [2.24, 2.45) is 16.3 Å². The molecule has 168 valence electrons. The van der Waals surface area contributed by atoms with E-state index in [1.54, 1.807) is 11.6 Å². The Morgan fingerprint density at radius 2 is 2.13 bits per heavy atom. The molecule has 0 bridgehead atoms. The highest BCUT2D eigenvalue weighted by Gasteiger charge is 2.36. The molecule has 2 aliphatic heterocycles. The van der Waals surface area contributed by atoms with Crippen LogP contribution in [0.4, 0.5) is 0 Å². The average Bonchev–Trinajstić information content (AvgIpc) is 3.03. The van der Waals surface area contributed by atoms with Crippen LogP contribution < -0.4 is 5.48 Å². The highest BCUT2D eigenvalue weighted by Crippen LogP contribution is 2.29. The molecule has 1 amide bonds. The molecule has 0 aromatic heterocycles. The molecule has 0 fully saturated rings. The van der Waals surface area contributed by atoms with Crippen molar-refractivity contribution in [3.63, 3.8) is 0 Å². The van der Waals surface area contributed by atoms with Crippen molar-refractivity contribution >= 4 is 11.7 Å². The maximum absolute atomic E-state index is 11.3. The summed E-state index contributed by atoms with van der Waals surface area (Å²) in [5, 5.41) is 8.66. The highest BCUT2D eigenvalue weighted by molar-refractivity contribution is 5.98. The Morgan fingerprint density at radius 3 is 2.73 bits per heavy atom. The predicted octanol–water partition coefficient (Wildman–Crippen LogP) is 4.15. The first-order valence-electron chi connectivity index (χ1n) is 11.2. The van der Waals surface area contributed by atoms with Crippen LogP contribution in [0.15, 0.2) is 41.1 Å². The summed E-state index contributed by atoms with van der Waals surface area (Å²) in [5.74, 6) is 1.09. The Hall–Kier alpha value is -1.92. The summed E-state index contributed by atoms with van der Waals surface area (Å²) in [4.78, 5) is 21.2. The maximum Gasteiger partial charge on any atom is 0.267 e. The topological polar surface area (TPSA) is 68.2 Å². The first kappa shape index (κ1) is 24.4. The number of carbonyl (C=O) groups excluding carboxylic acids is 1. The molecule has 6 nitrogen and oxygen atoms in total. The number of nitrogens with one attached hydrogen (secondary N) is 1. The zero-order chi connectivity index (χ0) is 22.3. The fourth-order valence-corrected chi connectivity index (χ4v) is 3.76. The van der Waals surface area contributed by atoms with E-state index in [0.717, 1.165) is 43.9 Å². The lowest BCUT2D eigenvalue weighted by molar-refractivity contribution is -0.124. The Kier molecular flexibility index (Phi) is 8.86. The highest BCUT2D eigenvalue weighted by atomic mass is 16.5. The summed E-state index contributed by atoms with van der Waals surface area (Å²) in [6.07, 6.45) is 12.6. The largest absolute Gasteiger partial charge is 0.327 e. The van der Waals surface area contributed by atoms with Gasteiger partial charge in [0.2, 0.25) is 0 Å². The third-order valence-corrected chi connectivity index (χ3v) is 5.74. The fraction of sp³-hybridized carbons (Fsp3) is 0.667. The lowest BCUT2D eigenvalue weighted by atomic mass is 9.92. The molecule has 0 radical (unpaired) electrons. The van der Waals surface area contributed by atoms with Crippen LogP contribution in [0.1, 0.15) is 60.8 Å². The normalized spacial score (nSPS) is 21.4. The summed E-state index contributed by atoms with van der Waals surface area (Å²) in [7, 11) is 0. The van der Waals surface area contributed by atoms with Crippen LogP contribution in [0.2, 0.25) is 0 Å². The molecule has 2 heterocycles. The summed E-state index contributed by atoms with van der Waals surface area (Å²) >= 11 is 0. The number of hydrogen-bond donors (Lipinski definition) is 2. The molecular formula is C24H40N4O2. The minimum atomic E-state index is -0.537. The number of aliphatic imine (C=N–C) groups is 1. The lowest BCUT2D eigenvalue weighted by Gasteiger charge is -2.34. The predicted molar refractivity (Wildman–Crippen MR) is 123 cm³/mol. The van der Waals surface area contributed by atoms with Gasteiger partial charge in [0, 0.05) is 18.8 Å². The van der Waals surface area contributed by atoms with Gasteiger partial charge >= 0.3 is 0 Å². The van der Waals surface area contributed by atoms with Gasteiger partial charge in [-0.1, -0.05) is 41.5 Å². The molecule has 0 aliphatic carbocycles. The van der Waals surface area contributed by atoms with Gasteiger partial charge in [-0.15, -0.1) is 0 Å². The molecule has 6 heteroatoms. The van der Waals surface area contributed by atoms with E-state index in [4.69, 9.17) is 10.2 Å². The van der Waals surface area contributed by atoms with Gasteiger partial charge < -0.3 is 9.80 Å². The first-order chi connectivity index (χ1) is 14.1. The average molecular weight is 417 g/mol. The third-order valence-electron chi connectivity index (χ3n) is 5.74. The number of fused-ring (bicyclic) bond motifs is 1. The van der Waals surface area contributed by atoms with Crippen molar-refractivity contribution in [2.75, 3.05) is 19.6 Å². The number of hydrogen-bond acceptors (Lipinski definition) is 5. The van der Waals surface area contributed by atoms with Crippen molar-refractivity contribution in [1.82, 2.24) is 15.3 Å². The van der Waals surface area contributed by atoms with E-state index in [1.165, 1.54) is 12.5 Å². The molecule has 2 rings (SSSR count). The number of hydroxylamine groups is 1. The van der Waals surface area contributed by atoms with Crippen LogP contribution in [0, 0.1) is 11.3 Å². The van der Waals surface area contributed by atoms with Crippen LogP contribution in [0.25, 0.3) is 0 Å². The lowest BCUT2D eigenvalue weighted by Crippen LogP contribution is -2.46. The minimum Gasteiger partial charge on any atom is -0.327 e. The number of carbonyl (C=O) groups is 1. The van der Waals surface area contributed by atoms with Crippen molar-refractivity contribution < 1.29 is 10.0 Å². The molecule has 30 heavy (non-hydrogen) atoms. The Balaban J connectivity index is 2.15. The van der Waals surface area contributed by atoms with Gasteiger partial charge in [-0.05, 0) is 67.5 Å². The molecule has 2 atom stereocenters. The monoisotopic (exact) mass is 416 g/mol. The van der Waals surface area contributed by atoms with E-state index in [9.17, 15) is 4.79 Å². The summed E-state index contributed by atoms with van der Waals surface area (Å²) in [6.45, 7) is 16.8. The molecule has 2 N–H and O–H groups in total. The van der Waals surface area contributed by atoms with Crippen molar-refractivity contribution in [3.8, 4) is 0 Å². The maximum atomic E-state index is 11.3. The quantitative estimate of drug-likeness (QED) is 0.319. The Labute approximate surface area is 182 Å². The van der Waals surface area contributed by atoms with E-state index in [0.29, 0.717) is 17.4 Å². The number of rotatable bonds is 10. The van der Waals surface area contributed by atoms with Crippen molar-refractivity contribution in [2.45, 2.75) is 72.9 Å². The summed E-state index contributed by atoms with van der Waals surface area (Å²) in [6, 6.07) is 0.605. The van der Waals surface area contributed by atoms with Gasteiger partial charge in [0.15, 0.2) is 0 Å². The third kappa shape index (κ3) is 7.40. The SMILES string of the molecule is CCN(CCC(C)(C)C)CC1C(CCC(C)C)N=C2C=C(/C=C/C(=O)NO)C=CN21. The molecule has 0 saturated carbocycles. The number of allylic oxidation sites excluding steroid dienone is 3. The molecule has 0 saturated heterocycles. The van der Waals surface area contributed by atoms with Crippen LogP contribution in [0.3, 0.4) is 0 Å². The summed E-state index contributed by atoms with van der Waals surface area (Å²) in [5.41, 5.74) is 2.85. The second-order valence-electron chi connectivity index (χ2n) is 9.97. The molecular weight excluding hydrogens is 376 g/mol. The van der Waals surface area contributed by atoms with Crippen molar-refractivity contribution in [1.29, 1.82) is 0 Å². The number of amidine groups is 1. The van der Waals surface area contributed by atoms with Gasteiger partial charge in [-0.3, -0.25) is 15.0 Å². The second kappa shape index (κ2) is 10.9. The van der Waals surface area contributed by atoms with Gasteiger partial charge in [0.1, 0.15) is 5.84 Å². The smallest absolute Gasteiger partial charge is 0.267 e. The zero-order valence-electron chi connectivity index (χ0n) is 19.6. The van der Waals surface area contributed by atoms with E-state index < -0.39 is 5.91 Å². The van der Waals surface area contributed by atoms with Crippen LogP contribution in [0.5, 0.6) is 0 Å². The van der Waals surface area contributed by atoms with Gasteiger partial charge in [0.25, 0.3) is 5.91 Å². The summed E-state index contributed by atoms with van der Waals surface area (Å²) < 4.78 is 0. The fourth-order valence-electron chi connectivity index (χ4n) is 3.76. The number of likely N-dealkylation sites (N-methyl/N-ethyl adjacent to an activating group) is 1. The molecule has 2 unspecified atom stereocenters. The van der Waals surface area contributed by atoms with Crippen LogP contribution >= 0.6 is 0 Å². The van der Waals surface area contributed by atoms with E-state index >= 15 is 0 Å². The molecule has 0 aromatic carbocycles. The van der Waals surface area contributed by atoms with Crippen LogP contribution in [-0.4, -0.2) is 58.5 Å². The number of nitrogens with zero attached hydrogens (tertiary/aromatic N) is 3. The molecule has 2 aliphatic rings. The van der Waals surface area contributed by atoms with E-state index in [1.807, 2.05) is 12.2 Å². The zero-order valence-corrected chi connectivity index (χ0v) is 19.6. The van der Waals surface area contributed by atoms with E-state index in [-0.39, 0.29) is 6.04 Å². The van der Waals surface area contributed by atoms with E-state index in [2.05, 4.69) is 57.5 Å². The van der Waals surface area contributed by atoms with Gasteiger partial charge in [-0.25, -0.2) is 5.48 Å². The Bertz CT molecular complexity index is 700. The van der Waals surface area contributed by atoms with Gasteiger partial charge in [0.05, 0.1) is 12.1 Å².